The van der Waals surface area contributed by atoms with Crippen molar-refractivity contribution < 1.29 is 14.3 Å². The minimum Gasteiger partial charge on any atom is -0.487 e. The Kier molecular flexibility index (Phi) is 12.5. The zero-order valence-electron chi connectivity index (χ0n) is 22.3. The Morgan fingerprint density at radius 2 is 1.46 bits per heavy atom. The van der Waals surface area contributed by atoms with E-state index in [2.05, 4.69) is 41.6 Å². The summed E-state index contributed by atoms with van der Waals surface area (Å²) < 4.78 is 5.70. The standard InChI is InChI=1S/C29H33N3O3.C2H6/c1-4-22-12-16-26(17-13-22)35-20-21(2)31-19-28(33)32-27(29(34)30-3)18-23-10-14-25(15-11-23)24-8-6-5-7-9-24;1-2/h5-17,27,31H,2,4,18-20H2,1,3H3,(H,30,34)(H,32,33);1-2H3/t27-;/m1./s1. The molecule has 3 rings (SSSR count). The first-order valence-electron chi connectivity index (χ1n) is 12.8. The van der Waals surface area contributed by atoms with Gasteiger partial charge in [-0.05, 0) is 40.8 Å². The molecule has 0 bridgehead atoms. The van der Waals surface area contributed by atoms with Crippen molar-refractivity contribution in [2.75, 3.05) is 20.2 Å². The predicted octanol–water partition coefficient (Wildman–Crippen LogP) is 4.90. The maximum atomic E-state index is 12.5. The average Bonchev–Trinajstić information content (AvgIpc) is 2.96. The highest BCUT2D eigenvalue weighted by Gasteiger charge is 2.20. The average molecular weight is 502 g/mol. The summed E-state index contributed by atoms with van der Waals surface area (Å²) in [6, 6.07) is 25.3. The zero-order valence-corrected chi connectivity index (χ0v) is 22.3. The van der Waals surface area contributed by atoms with Crippen LogP contribution in [0.5, 0.6) is 5.75 Å². The number of aryl methyl sites for hydroxylation is 1. The van der Waals surface area contributed by atoms with E-state index in [9.17, 15) is 9.59 Å². The van der Waals surface area contributed by atoms with Gasteiger partial charge in [0.05, 0.1) is 6.54 Å². The first-order chi connectivity index (χ1) is 18.0. The fraction of sp³-hybridized carbons (Fsp3) is 0.290. The van der Waals surface area contributed by atoms with Crippen LogP contribution in [0.25, 0.3) is 11.1 Å². The molecule has 0 heterocycles. The second-order valence-corrected chi connectivity index (χ2v) is 8.24. The molecule has 0 aromatic heterocycles. The molecule has 0 radical (unpaired) electrons. The van der Waals surface area contributed by atoms with Gasteiger partial charge < -0.3 is 20.7 Å². The molecule has 3 aromatic rings. The van der Waals surface area contributed by atoms with E-state index < -0.39 is 6.04 Å². The SMILES string of the molecule is C=C(COc1ccc(CC)cc1)NCC(=O)N[C@H](Cc1ccc(-c2ccccc2)cc1)C(=O)NC.CC. The van der Waals surface area contributed by atoms with Crippen LogP contribution in [0.3, 0.4) is 0 Å². The molecule has 0 saturated carbocycles. The summed E-state index contributed by atoms with van der Waals surface area (Å²) in [6.07, 6.45) is 1.36. The van der Waals surface area contributed by atoms with Gasteiger partial charge in [0.15, 0.2) is 0 Å². The van der Waals surface area contributed by atoms with Crippen LogP contribution < -0.4 is 20.7 Å². The van der Waals surface area contributed by atoms with Crippen molar-refractivity contribution in [2.24, 2.45) is 0 Å². The lowest BCUT2D eigenvalue weighted by Gasteiger charge is -2.18. The monoisotopic (exact) mass is 501 g/mol. The summed E-state index contributed by atoms with van der Waals surface area (Å²) in [4.78, 5) is 24.9. The summed E-state index contributed by atoms with van der Waals surface area (Å²) in [5.41, 5.74) is 5.00. The van der Waals surface area contributed by atoms with Crippen molar-refractivity contribution in [1.82, 2.24) is 16.0 Å². The maximum Gasteiger partial charge on any atom is 0.242 e. The maximum absolute atomic E-state index is 12.5. The summed E-state index contributed by atoms with van der Waals surface area (Å²) in [5.74, 6) is 0.198. The lowest BCUT2D eigenvalue weighted by molar-refractivity contribution is -0.128. The van der Waals surface area contributed by atoms with E-state index in [0.29, 0.717) is 12.1 Å². The van der Waals surface area contributed by atoms with Gasteiger partial charge in [0.25, 0.3) is 0 Å². The number of nitrogens with one attached hydrogen (secondary N) is 3. The van der Waals surface area contributed by atoms with E-state index in [4.69, 9.17) is 4.74 Å². The van der Waals surface area contributed by atoms with Gasteiger partial charge in [0, 0.05) is 19.2 Å². The van der Waals surface area contributed by atoms with Crippen molar-refractivity contribution >= 4 is 11.8 Å². The van der Waals surface area contributed by atoms with Crippen LogP contribution in [0.1, 0.15) is 31.9 Å². The van der Waals surface area contributed by atoms with Crippen LogP contribution >= 0.6 is 0 Å². The molecule has 0 unspecified atom stereocenters. The van der Waals surface area contributed by atoms with Crippen LogP contribution in [0.15, 0.2) is 91.1 Å². The Morgan fingerprint density at radius 3 is 2.05 bits per heavy atom. The number of amides is 2. The number of benzene rings is 3. The Balaban J connectivity index is 0.00000235. The molecular weight excluding hydrogens is 462 g/mol. The molecular formula is C31H39N3O3. The first kappa shape index (κ1) is 29.2. The van der Waals surface area contributed by atoms with Gasteiger partial charge in [-0.3, -0.25) is 9.59 Å². The molecule has 0 spiro atoms. The minimum atomic E-state index is -0.682. The van der Waals surface area contributed by atoms with Gasteiger partial charge in [-0.25, -0.2) is 0 Å². The number of rotatable bonds is 12. The third-order valence-corrected chi connectivity index (χ3v) is 5.64. The van der Waals surface area contributed by atoms with Crippen molar-refractivity contribution in [3.05, 3.63) is 102 Å². The molecule has 6 nitrogen and oxygen atoms in total. The van der Waals surface area contributed by atoms with E-state index in [0.717, 1.165) is 28.9 Å². The van der Waals surface area contributed by atoms with E-state index in [1.54, 1.807) is 7.05 Å². The van der Waals surface area contributed by atoms with Gasteiger partial charge in [-0.15, -0.1) is 0 Å². The molecule has 0 aliphatic carbocycles. The number of carbonyl (C=O) groups is 2. The second-order valence-electron chi connectivity index (χ2n) is 8.24. The first-order valence-corrected chi connectivity index (χ1v) is 12.8. The smallest absolute Gasteiger partial charge is 0.242 e. The second kappa shape index (κ2) is 15.8. The van der Waals surface area contributed by atoms with Crippen LogP contribution in [0.2, 0.25) is 0 Å². The van der Waals surface area contributed by atoms with Gasteiger partial charge >= 0.3 is 0 Å². The van der Waals surface area contributed by atoms with Gasteiger partial charge in [0.1, 0.15) is 18.4 Å². The van der Waals surface area contributed by atoms with Crippen molar-refractivity contribution in [2.45, 2.75) is 39.7 Å². The number of carbonyl (C=O) groups excluding carboxylic acids is 2. The summed E-state index contributed by atoms with van der Waals surface area (Å²) in [7, 11) is 1.56. The van der Waals surface area contributed by atoms with Gasteiger partial charge in [-0.1, -0.05) is 94.1 Å². The Labute approximate surface area is 221 Å². The molecule has 0 fully saturated rings. The quantitative estimate of drug-likeness (QED) is 0.330. The minimum absolute atomic E-state index is 0.00257. The molecule has 37 heavy (non-hydrogen) atoms. The van der Waals surface area contributed by atoms with E-state index in [1.165, 1.54) is 5.56 Å². The Morgan fingerprint density at radius 1 is 0.865 bits per heavy atom. The molecule has 1 atom stereocenters. The molecule has 2 amide bonds. The number of hydrogen-bond acceptors (Lipinski definition) is 4. The van der Waals surface area contributed by atoms with E-state index >= 15 is 0 Å². The predicted molar refractivity (Wildman–Crippen MR) is 151 cm³/mol. The van der Waals surface area contributed by atoms with Gasteiger partial charge in [-0.2, -0.15) is 0 Å². The highest BCUT2D eigenvalue weighted by molar-refractivity contribution is 5.88. The fourth-order valence-corrected chi connectivity index (χ4v) is 3.58. The van der Waals surface area contributed by atoms with Crippen LogP contribution in [0.4, 0.5) is 0 Å². The van der Waals surface area contributed by atoms with Crippen LogP contribution in [-0.4, -0.2) is 38.1 Å². The van der Waals surface area contributed by atoms with E-state index in [1.807, 2.05) is 80.6 Å². The summed E-state index contributed by atoms with van der Waals surface area (Å²) >= 11 is 0. The fourth-order valence-electron chi connectivity index (χ4n) is 3.58. The lowest BCUT2D eigenvalue weighted by Crippen LogP contribution is -2.49. The molecule has 3 aromatic carbocycles. The number of ether oxygens (including phenoxy) is 1. The summed E-state index contributed by atoms with van der Waals surface area (Å²) in [5, 5.41) is 8.40. The normalized spacial score (nSPS) is 10.8. The van der Waals surface area contributed by atoms with Crippen LogP contribution in [-0.2, 0) is 22.4 Å². The topological polar surface area (TPSA) is 79.5 Å². The van der Waals surface area contributed by atoms with E-state index in [-0.39, 0.29) is 25.0 Å². The number of hydrogen-bond donors (Lipinski definition) is 3. The molecule has 0 aliphatic rings. The Bertz CT molecular complexity index is 1110. The highest BCUT2D eigenvalue weighted by Crippen LogP contribution is 2.20. The molecule has 196 valence electrons. The summed E-state index contributed by atoms with van der Waals surface area (Å²) in [6.45, 7) is 10.3. The zero-order chi connectivity index (χ0) is 27.0. The van der Waals surface area contributed by atoms with Gasteiger partial charge in [0.2, 0.25) is 11.8 Å². The van der Waals surface area contributed by atoms with Crippen molar-refractivity contribution in [3.8, 4) is 16.9 Å². The largest absolute Gasteiger partial charge is 0.487 e. The number of likely N-dealkylation sites (N-methyl/N-ethyl adjacent to an activating group) is 1. The van der Waals surface area contributed by atoms with Crippen molar-refractivity contribution in [1.29, 1.82) is 0 Å². The molecule has 0 saturated heterocycles. The highest BCUT2D eigenvalue weighted by atomic mass is 16.5. The van der Waals surface area contributed by atoms with Crippen molar-refractivity contribution in [3.63, 3.8) is 0 Å². The third kappa shape index (κ3) is 9.84. The molecule has 6 heteroatoms. The Hall–Kier alpha value is -4.06. The molecule has 3 N–H and O–H groups in total. The van der Waals surface area contributed by atoms with Crippen LogP contribution in [0, 0.1) is 0 Å². The lowest BCUT2D eigenvalue weighted by atomic mass is 10.0. The molecule has 0 aliphatic heterocycles. The third-order valence-electron chi connectivity index (χ3n) is 5.64.